The number of carbonyl (C=O) groups excluding carboxylic acids is 1. The first-order chi connectivity index (χ1) is 15.7. The van der Waals surface area contributed by atoms with Crippen LogP contribution >= 0.6 is 0 Å². The van der Waals surface area contributed by atoms with Gasteiger partial charge in [0, 0.05) is 11.6 Å². The van der Waals surface area contributed by atoms with E-state index < -0.39 is 5.97 Å². The van der Waals surface area contributed by atoms with Gasteiger partial charge >= 0.3 is 5.97 Å². The molecule has 0 spiro atoms. The molecule has 0 saturated carbocycles. The minimum atomic E-state index is -0.449. The zero-order valence-corrected chi connectivity index (χ0v) is 18.0. The van der Waals surface area contributed by atoms with Crippen molar-refractivity contribution in [2.45, 2.75) is 13.5 Å². The molecule has 1 aromatic heterocycles. The van der Waals surface area contributed by atoms with E-state index in [1.165, 1.54) is 6.20 Å². The topological polar surface area (TPSA) is 69.7 Å². The highest BCUT2D eigenvalue weighted by atomic mass is 16.5. The summed E-state index contributed by atoms with van der Waals surface area (Å²) in [6.45, 7) is 2.47. The van der Waals surface area contributed by atoms with Crippen LogP contribution < -0.4 is 14.8 Å². The van der Waals surface area contributed by atoms with Gasteiger partial charge in [0.05, 0.1) is 25.1 Å². The van der Waals surface area contributed by atoms with Crippen LogP contribution in [-0.4, -0.2) is 24.7 Å². The Labute approximate surface area is 186 Å². The molecular formula is C26H24N2O4. The Morgan fingerprint density at radius 1 is 0.938 bits per heavy atom. The number of esters is 1. The zero-order chi connectivity index (χ0) is 22.3. The number of methoxy groups -OCH3 is 1. The van der Waals surface area contributed by atoms with E-state index in [2.05, 4.69) is 10.3 Å². The first-order valence-corrected chi connectivity index (χ1v) is 10.4. The number of rotatable bonds is 8. The number of anilines is 2. The van der Waals surface area contributed by atoms with Crippen molar-refractivity contribution in [2.24, 2.45) is 0 Å². The van der Waals surface area contributed by atoms with Gasteiger partial charge in [-0.05, 0) is 30.7 Å². The minimum Gasteiger partial charge on any atom is -0.494 e. The summed E-state index contributed by atoms with van der Waals surface area (Å²) >= 11 is 0. The highest BCUT2D eigenvalue weighted by Crippen LogP contribution is 2.36. The van der Waals surface area contributed by atoms with Crippen LogP contribution in [0.4, 0.5) is 11.4 Å². The van der Waals surface area contributed by atoms with Gasteiger partial charge in [0.2, 0.25) is 0 Å². The van der Waals surface area contributed by atoms with Gasteiger partial charge in [0.15, 0.2) is 0 Å². The number of nitrogens with zero attached hydrogens (tertiary/aromatic N) is 1. The fourth-order valence-electron chi connectivity index (χ4n) is 3.42. The molecule has 0 unspecified atom stereocenters. The summed E-state index contributed by atoms with van der Waals surface area (Å²) in [5, 5.41) is 4.13. The Hall–Kier alpha value is -4.06. The van der Waals surface area contributed by atoms with Gasteiger partial charge in [-0.2, -0.15) is 0 Å². The quantitative estimate of drug-likeness (QED) is 0.361. The Morgan fingerprint density at radius 3 is 2.47 bits per heavy atom. The number of aromatic nitrogens is 1. The second-order valence-electron chi connectivity index (χ2n) is 7.02. The Morgan fingerprint density at radius 2 is 1.69 bits per heavy atom. The van der Waals surface area contributed by atoms with Crippen molar-refractivity contribution in [2.75, 3.05) is 19.0 Å². The maximum absolute atomic E-state index is 12.7. The smallest absolute Gasteiger partial charge is 0.341 e. The number of benzene rings is 3. The molecule has 3 aromatic carbocycles. The number of pyridine rings is 1. The molecule has 0 aliphatic heterocycles. The van der Waals surface area contributed by atoms with Crippen LogP contribution in [0.1, 0.15) is 22.8 Å². The van der Waals surface area contributed by atoms with Crippen molar-refractivity contribution in [3.8, 4) is 11.5 Å². The number of carbonyl (C=O) groups is 1. The fourth-order valence-corrected chi connectivity index (χ4v) is 3.42. The van der Waals surface area contributed by atoms with Gasteiger partial charge < -0.3 is 19.5 Å². The predicted molar refractivity (Wildman–Crippen MR) is 125 cm³/mol. The van der Waals surface area contributed by atoms with Crippen LogP contribution in [0, 0.1) is 0 Å². The lowest BCUT2D eigenvalue weighted by molar-refractivity contribution is 0.0527. The maximum atomic E-state index is 12.7. The molecule has 0 amide bonds. The molecule has 0 aliphatic rings. The predicted octanol–water partition coefficient (Wildman–Crippen LogP) is 5.74. The Kier molecular flexibility index (Phi) is 6.51. The summed E-state index contributed by atoms with van der Waals surface area (Å²) in [4.78, 5) is 17.1. The van der Waals surface area contributed by atoms with Crippen LogP contribution in [0.5, 0.6) is 11.5 Å². The van der Waals surface area contributed by atoms with Crippen LogP contribution in [-0.2, 0) is 11.3 Å². The van der Waals surface area contributed by atoms with Crippen LogP contribution in [0.15, 0.2) is 79.0 Å². The van der Waals surface area contributed by atoms with E-state index in [0.29, 0.717) is 34.9 Å². The van der Waals surface area contributed by atoms with Crippen molar-refractivity contribution >= 4 is 28.2 Å². The van der Waals surface area contributed by atoms with E-state index in [-0.39, 0.29) is 6.61 Å². The molecule has 1 heterocycles. The van der Waals surface area contributed by atoms with Crippen molar-refractivity contribution in [1.82, 2.24) is 4.98 Å². The summed E-state index contributed by atoms with van der Waals surface area (Å²) in [6.07, 6.45) is 1.51. The van der Waals surface area contributed by atoms with Gasteiger partial charge in [-0.15, -0.1) is 0 Å². The second kappa shape index (κ2) is 9.83. The van der Waals surface area contributed by atoms with Gasteiger partial charge in [0.25, 0.3) is 0 Å². The molecule has 0 radical (unpaired) electrons. The molecular weight excluding hydrogens is 404 g/mol. The van der Waals surface area contributed by atoms with Gasteiger partial charge in [-0.25, -0.2) is 4.79 Å². The third-order valence-corrected chi connectivity index (χ3v) is 4.96. The molecule has 0 fully saturated rings. The zero-order valence-electron chi connectivity index (χ0n) is 18.0. The average molecular weight is 428 g/mol. The average Bonchev–Trinajstić information content (AvgIpc) is 2.84. The Balaban J connectivity index is 1.75. The second-order valence-corrected chi connectivity index (χ2v) is 7.02. The van der Waals surface area contributed by atoms with Gasteiger partial charge in [-0.1, -0.05) is 54.6 Å². The fraction of sp³-hybridized carbons (Fsp3) is 0.154. The number of hydrogen-bond acceptors (Lipinski definition) is 6. The number of ether oxygens (including phenoxy) is 3. The number of para-hydroxylation sites is 3. The summed E-state index contributed by atoms with van der Waals surface area (Å²) in [5.41, 5.74) is 3.36. The van der Waals surface area contributed by atoms with E-state index >= 15 is 0 Å². The monoisotopic (exact) mass is 428 g/mol. The minimum absolute atomic E-state index is 0.269. The lowest BCUT2D eigenvalue weighted by Crippen LogP contribution is -2.10. The van der Waals surface area contributed by atoms with Crippen molar-refractivity contribution < 1.29 is 19.0 Å². The summed E-state index contributed by atoms with van der Waals surface area (Å²) in [7, 11) is 1.59. The normalized spacial score (nSPS) is 10.6. The van der Waals surface area contributed by atoms with E-state index in [1.54, 1.807) is 14.0 Å². The van der Waals surface area contributed by atoms with E-state index in [4.69, 9.17) is 14.2 Å². The molecule has 6 nitrogen and oxygen atoms in total. The SMILES string of the molecule is CCOC(=O)c1cnc2c(OC)cccc2c1Nc1ccccc1OCc1ccccc1. The van der Waals surface area contributed by atoms with Crippen molar-refractivity contribution in [3.05, 3.63) is 90.1 Å². The molecule has 6 heteroatoms. The molecule has 0 atom stereocenters. The molecule has 162 valence electrons. The van der Waals surface area contributed by atoms with E-state index in [9.17, 15) is 4.79 Å². The lowest BCUT2D eigenvalue weighted by Gasteiger charge is -2.17. The van der Waals surface area contributed by atoms with Gasteiger partial charge in [0.1, 0.15) is 29.2 Å². The molecule has 0 aliphatic carbocycles. The number of fused-ring (bicyclic) bond motifs is 1. The van der Waals surface area contributed by atoms with Crippen LogP contribution in [0.25, 0.3) is 10.9 Å². The highest BCUT2D eigenvalue weighted by Gasteiger charge is 2.19. The summed E-state index contributed by atoms with van der Waals surface area (Å²) in [6, 6.07) is 23.1. The first-order valence-electron chi connectivity index (χ1n) is 10.4. The maximum Gasteiger partial charge on any atom is 0.341 e. The third-order valence-electron chi connectivity index (χ3n) is 4.96. The molecule has 32 heavy (non-hydrogen) atoms. The molecule has 0 bridgehead atoms. The first kappa shape index (κ1) is 21.2. The lowest BCUT2D eigenvalue weighted by atomic mass is 10.1. The Bertz CT molecular complexity index is 1230. The molecule has 0 saturated heterocycles. The van der Waals surface area contributed by atoms with Crippen molar-refractivity contribution in [1.29, 1.82) is 0 Å². The largest absolute Gasteiger partial charge is 0.494 e. The number of hydrogen-bond donors (Lipinski definition) is 1. The molecule has 4 rings (SSSR count). The van der Waals surface area contributed by atoms with Crippen molar-refractivity contribution in [3.63, 3.8) is 0 Å². The van der Waals surface area contributed by atoms with E-state index in [1.807, 2.05) is 72.8 Å². The third kappa shape index (κ3) is 4.49. The van der Waals surface area contributed by atoms with Gasteiger partial charge in [-0.3, -0.25) is 4.98 Å². The van der Waals surface area contributed by atoms with Crippen LogP contribution in [0.2, 0.25) is 0 Å². The standard InChI is InChI=1S/C26H24N2O4/c1-3-31-26(29)20-16-27-25-19(12-9-15-23(25)30-2)24(20)28-21-13-7-8-14-22(21)32-17-18-10-5-4-6-11-18/h4-16H,3,17H2,1-2H3,(H,27,28). The molecule has 4 aromatic rings. The summed E-state index contributed by atoms with van der Waals surface area (Å²) < 4.78 is 16.8. The van der Waals surface area contributed by atoms with E-state index in [0.717, 1.165) is 16.6 Å². The van der Waals surface area contributed by atoms with Crippen LogP contribution in [0.3, 0.4) is 0 Å². The molecule has 1 N–H and O–H groups in total. The highest BCUT2D eigenvalue weighted by molar-refractivity contribution is 6.07. The number of nitrogens with one attached hydrogen (secondary N) is 1. The summed E-state index contributed by atoms with van der Waals surface area (Å²) in [5.74, 6) is 0.837.